The molecule has 0 fully saturated rings. The number of ether oxygens (including phenoxy) is 1. The van der Waals surface area contributed by atoms with Crippen molar-refractivity contribution in [2.45, 2.75) is 20.0 Å². The van der Waals surface area contributed by atoms with E-state index >= 15 is 0 Å². The lowest BCUT2D eigenvalue weighted by atomic mass is 10.1. The molecule has 0 heterocycles. The number of hydrogen-bond acceptors (Lipinski definition) is 2. The minimum atomic E-state index is 0.0171. The average Bonchev–Trinajstić information content (AvgIpc) is 2.68. The number of rotatable bonds is 6. The summed E-state index contributed by atoms with van der Waals surface area (Å²) in [5.74, 6) is 0.808. The van der Waals surface area contributed by atoms with E-state index in [1.165, 1.54) is 0 Å². The molecule has 0 radical (unpaired) electrons. The SMILES string of the molecule is COc1ccc(C(=O)N(Cc2ccccc2)Cc2ccccc2)cc1C. The fourth-order valence-electron chi connectivity index (χ4n) is 3.00. The predicted octanol–water partition coefficient (Wildman–Crippen LogP) is 4.85. The van der Waals surface area contributed by atoms with Crippen LogP contribution in [-0.4, -0.2) is 17.9 Å². The van der Waals surface area contributed by atoms with Crippen molar-refractivity contribution in [1.82, 2.24) is 4.90 Å². The van der Waals surface area contributed by atoms with Gasteiger partial charge >= 0.3 is 0 Å². The molecule has 0 spiro atoms. The van der Waals surface area contributed by atoms with Gasteiger partial charge in [-0.3, -0.25) is 4.79 Å². The number of nitrogens with zero attached hydrogens (tertiary/aromatic N) is 1. The maximum absolute atomic E-state index is 13.2. The van der Waals surface area contributed by atoms with Crippen molar-refractivity contribution in [1.29, 1.82) is 0 Å². The molecule has 26 heavy (non-hydrogen) atoms. The van der Waals surface area contributed by atoms with Crippen LogP contribution in [0.3, 0.4) is 0 Å². The van der Waals surface area contributed by atoms with E-state index in [0.717, 1.165) is 22.4 Å². The largest absolute Gasteiger partial charge is 0.496 e. The van der Waals surface area contributed by atoms with Crippen LogP contribution in [-0.2, 0) is 13.1 Å². The van der Waals surface area contributed by atoms with Crippen molar-refractivity contribution >= 4 is 5.91 Å². The van der Waals surface area contributed by atoms with Crippen LogP contribution in [0, 0.1) is 6.92 Å². The minimum absolute atomic E-state index is 0.0171. The van der Waals surface area contributed by atoms with Crippen molar-refractivity contribution in [3.63, 3.8) is 0 Å². The molecule has 0 aliphatic carbocycles. The summed E-state index contributed by atoms with van der Waals surface area (Å²) in [7, 11) is 1.64. The first-order valence-electron chi connectivity index (χ1n) is 8.69. The Labute approximate surface area is 154 Å². The second-order valence-electron chi connectivity index (χ2n) is 6.32. The molecule has 0 aliphatic rings. The Hall–Kier alpha value is -3.07. The Kier molecular flexibility index (Phi) is 5.69. The second kappa shape index (κ2) is 8.34. The smallest absolute Gasteiger partial charge is 0.254 e. The lowest BCUT2D eigenvalue weighted by Gasteiger charge is -2.23. The number of benzene rings is 3. The number of methoxy groups -OCH3 is 1. The van der Waals surface area contributed by atoms with Gasteiger partial charge in [0.1, 0.15) is 5.75 Å². The molecule has 132 valence electrons. The van der Waals surface area contributed by atoms with Gasteiger partial charge in [-0.25, -0.2) is 0 Å². The Bertz CT molecular complexity index is 818. The van der Waals surface area contributed by atoms with E-state index in [2.05, 4.69) is 0 Å². The van der Waals surface area contributed by atoms with E-state index in [1.54, 1.807) is 7.11 Å². The summed E-state index contributed by atoms with van der Waals surface area (Å²) in [6, 6.07) is 25.7. The predicted molar refractivity (Wildman–Crippen MR) is 104 cm³/mol. The molecule has 0 atom stereocenters. The molecule has 0 saturated heterocycles. The fraction of sp³-hybridized carbons (Fsp3) is 0.174. The zero-order chi connectivity index (χ0) is 18.4. The highest BCUT2D eigenvalue weighted by Gasteiger charge is 2.17. The lowest BCUT2D eigenvalue weighted by Crippen LogP contribution is -2.30. The first kappa shape index (κ1) is 17.7. The summed E-state index contributed by atoms with van der Waals surface area (Å²) >= 11 is 0. The summed E-state index contributed by atoms with van der Waals surface area (Å²) < 4.78 is 5.31. The number of amides is 1. The molecule has 3 nitrogen and oxygen atoms in total. The van der Waals surface area contributed by atoms with E-state index in [0.29, 0.717) is 18.7 Å². The van der Waals surface area contributed by atoms with Crippen LogP contribution in [0.5, 0.6) is 5.75 Å². The van der Waals surface area contributed by atoms with Crippen LogP contribution >= 0.6 is 0 Å². The van der Waals surface area contributed by atoms with E-state index in [-0.39, 0.29) is 5.91 Å². The van der Waals surface area contributed by atoms with Gasteiger partial charge in [0.2, 0.25) is 0 Å². The monoisotopic (exact) mass is 345 g/mol. The molecule has 0 N–H and O–H groups in total. The molecular formula is C23H23NO2. The van der Waals surface area contributed by atoms with E-state index in [4.69, 9.17) is 4.74 Å². The Balaban J connectivity index is 1.88. The molecule has 3 heteroatoms. The van der Waals surface area contributed by atoms with Crippen molar-refractivity contribution in [3.05, 3.63) is 101 Å². The summed E-state index contributed by atoms with van der Waals surface area (Å²) in [6.45, 7) is 3.09. The summed E-state index contributed by atoms with van der Waals surface area (Å²) in [5.41, 5.74) is 3.86. The highest BCUT2D eigenvalue weighted by Crippen LogP contribution is 2.21. The van der Waals surface area contributed by atoms with Crippen LogP contribution in [0.1, 0.15) is 27.0 Å². The fourth-order valence-corrected chi connectivity index (χ4v) is 3.00. The molecule has 0 aromatic heterocycles. The first-order chi connectivity index (χ1) is 12.7. The van der Waals surface area contributed by atoms with Crippen LogP contribution in [0.15, 0.2) is 78.9 Å². The maximum Gasteiger partial charge on any atom is 0.254 e. The van der Waals surface area contributed by atoms with Gasteiger partial charge in [0.25, 0.3) is 5.91 Å². The van der Waals surface area contributed by atoms with Gasteiger partial charge in [-0.15, -0.1) is 0 Å². The maximum atomic E-state index is 13.2. The van der Waals surface area contributed by atoms with Gasteiger partial charge in [-0.2, -0.15) is 0 Å². The third kappa shape index (κ3) is 4.31. The average molecular weight is 345 g/mol. The van der Waals surface area contributed by atoms with Crippen molar-refractivity contribution in [2.24, 2.45) is 0 Å². The zero-order valence-corrected chi connectivity index (χ0v) is 15.2. The molecular weight excluding hydrogens is 322 g/mol. The third-order valence-electron chi connectivity index (χ3n) is 4.36. The normalized spacial score (nSPS) is 10.4. The molecule has 0 unspecified atom stereocenters. The molecule has 3 rings (SSSR count). The number of carbonyl (C=O) groups is 1. The molecule has 3 aromatic rings. The van der Waals surface area contributed by atoms with Gasteiger partial charge in [0.15, 0.2) is 0 Å². The Morgan fingerprint density at radius 3 is 1.85 bits per heavy atom. The van der Waals surface area contributed by atoms with Gasteiger partial charge in [0, 0.05) is 18.7 Å². The molecule has 0 bridgehead atoms. The van der Waals surface area contributed by atoms with Gasteiger partial charge in [-0.1, -0.05) is 60.7 Å². The second-order valence-corrected chi connectivity index (χ2v) is 6.32. The molecule has 1 amide bonds. The molecule has 0 aliphatic heterocycles. The quantitative estimate of drug-likeness (QED) is 0.639. The molecule has 0 saturated carbocycles. The van der Waals surface area contributed by atoms with Crippen molar-refractivity contribution in [2.75, 3.05) is 7.11 Å². The lowest BCUT2D eigenvalue weighted by molar-refractivity contribution is 0.0730. The Morgan fingerprint density at radius 1 is 0.846 bits per heavy atom. The van der Waals surface area contributed by atoms with Crippen molar-refractivity contribution < 1.29 is 9.53 Å². The van der Waals surface area contributed by atoms with E-state index in [9.17, 15) is 4.79 Å². The summed E-state index contributed by atoms with van der Waals surface area (Å²) in [5, 5.41) is 0. The zero-order valence-electron chi connectivity index (χ0n) is 15.2. The Morgan fingerprint density at radius 2 is 1.38 bits per heavy atom. The third-order valence-corrected chi connectivity index (χ3v) is 4.36. The van der Waals surface area contributed by atoms with Crippen LogP contribution in [0.2, 0.25) is 0 Å². The molecule has 3 aromatic carbocycles. The van der Waals surface area contributed by atoms with Crippen LogP contribution in [0.4, 0.5) is 0 Å². The summed E-state index contributed by atoms with van der Waals surface area (Å²) in [4.78, 5) is 15.1. The van der Waals surface area contributed by atoms with Crippen LogP contribution < -0.4 is 4.74 Å². The van der Waals surface area contributed by atoms with Gasteiger partial charge < -0.3 is 9.64 Å². The van der Waals surface area contributed by atoms with Crippen LogP contribution in [0.25, 0.3) is 0 Å². The van der Waals surface area contributed by atoms with E-state index in [1.807, 2.05) is 90.7 Å². The number of aryl methyl sites for hydroxylation is 1. The topological polar surface area (TPSA) is 29.5 Å². The first-order valence-corrected chi connectivity index (χ1v) is 8.69. The van der Waals surface area contributed by atoms with E-state index < -0.39 is 0 Å². The number of carbonyl (C=O) groups excluding carboxylic acids is 1. The van der Waals surface area contributed by atoms with Crippen molar-refractivity contribution in [3.8, 4) is 5.75 Å². The highest BCUT2D eigenvalue weighted by atomic mass is 16.5. The highest BCUT2D eigenvalue weighted by molar-refractivity contribution is 5.94. The van der Waals surface area contributed by atoms with Gasteiger partial charge in [0.05, 0.1) is 7.11 Å². The minimum Gasteiger partial charge on any atom is -0.496 e. The summed E-state index contributed by atoms with van der Waals surface area (Å²) in [6.07, 6.45) is 0. The van der Waals surface area contributed by atoms with Gasteiger partial charge in [-0.05, 0) is 41.8 Å². The standard InChI is InChI=1S/C23H23NO2/c1-18-15-21(13-14-22(18)26-2)23(25)24(16-19-9-5-3-6-10-19)17-20-11-7-4-8-12-20/h3-15H,16-17H2,1-2H3. The number of hydrogen-bond donors (Lipinski definition) is 0.